The lowest BCUT2D eigenvalue weighted by molar-refractivity contribution is -0.138. The summed E-state index contributed by atoms with van der Waals surface area (Å²) in [6, 6.07) is 24.2. The smallest absolute Gasteiger partial charge is 0.181 e. The van der Waals surface area contributed by atoms with Crippen molar-refractivity contribution >= 4 is 43.1 Å². The van der Waals surface area contributed by atoms with Crippen LogP contribution in [0, 0.1) is 18.0 Å². The van der Waals surface area contributed by atoms with E-state index in [9.17, 15) is 31.6 Å². The van der Waals surface area contributed by atoms with Crippen molar-refractivity contribution in [3.05, 3.63) is 130 Å². The largest absolute Gasteiger partial charge is 0.416 e. The molecule has 7 aromatic rings. The first-order valence-corrected chi connectivity index (χ1v) is 13.7. The Hall–Kier alpha value is -6.00. The summed E-state index contributed by atoms with van der Waals surface area (Å²) < 4.78 is 78.6. The molecule has 0 N–H and O–H groups in total. The van der Waals surface area contributed by atoms with Crippen LogP contribution in [-0.2, 0) is 12.4 Å². The van der Waals surface area contributed by atoms with E-state index in [1.807, 2.05) is 30.5 Å². The second-order valence-electron chi connectivity index (χ2n) is 10.7. The van der Waals surface area contributed by atoms with Gasteiger partial charge >= 0.3 is 12.4 Å². The molecule has 222 valence electrons. The number of rotatable bonds is 2. The molecule has 0 saturated carbocycles. The van der Waals surface area contributed by atoms with Crippen molar-refractivity contribution in [2.24, 2.45) is 10.1 Å². The minimum absolute atomic E-state index is 0.405. The fourth-order valence-corrected chi connectivity index (χ4v) is 6.07. The molecule has 0 bridgehead atoms. The van der Waals surface area contributed by atoms with Crippen molar-refractivity contribution in [1.29, 1.82) is 5.26 Å². The van der Waals surface area contributed by atoms with E-state index in [1.165, 1.54) is 24.3 Å². The molecule has 7 rings (SSSR count). The second kappa shape index (κ2) is 10.3. The molecule has 0 amide bonds. The van der Waals surface area contributed by atoms with Gasteiger partial charge in [-0.2, -0.15) is 43.2 Å². The van der Waals surface area contributed by atoms with Crippen LogP contribution in [0.2, 0.25) is 0 Å². The molecule has 0 radical (unpaired) electrons. The van der Waals surface area contributed by atoms with Gasteiger partial charge in [0.05, 0.1) is 21.6 Å². The summed E-state index contributed by atoms with van der Waals surface area (Å²) in [5.41, 5.74) is 0.923. The molecule has 0 saturated heterocycles. The zero-order valence-electron chi connectivity index (χ0n) is 23.3. The predicted octanol–water partition coefficient (Wildman–Crippen LogP) is 9.66. The lowest BCUT2D eigenvalue weighted by atomic mass is 10.0. The third kappa shape index (κ3) is 4.63. The van der Waals surface area contributed by atoms with Gasteiger partial charge in [0.1, 0.15) is 0 Å². The molecule has 0 heterocycles. The topological polar surface area (TPSA) is 52.9 Å². The van der Waals surface area contributed by atoms with Crippen molar-refractivity contribution in [3.8, 4) is 28.4 Å². The Balaban J connectivity index is 1.44. The number of fused-ring (bicyclic) bond motifs is 6. The number of hydrogen-bond acceptors (Lipinski definition) is 3. The Labute approximate surface area is 255 Å². The minimum atomic E-state index is -4.46. The van der Waals surface area contributed by atoms with E-state index in [0.29, 0.717) is 54.5 Å². The van der Waals surface area contributed by atoms with Crippen LogP contribution in [0.5, 0.6) is 0 Å². The van der Waals surface area contributed by atoms with E-state index in [4.69, 9.17) is 6.57 Å². The molecule has 46 heavy (non-hydrogen) atoms. The van der Waals surface area contributed by atoms with Gasteiger partial charge in [0.2, 0.25) is 6.19 Å². The van der Waals surface area contributed by atoms with Crippen LogP contribution >= 0.6 is 0 Å². The molecule has 0 spiro atoms. The molecule has 0 atom stereocenters. The van der Waals surface area contributed by atoms with Gasteiger partial charge in [0.15, 0.2) is 5.36 Å². The maximum atomic E-state index is 13.1. The van der Waals surface area contributed by atoms with Crippen LogP contribution in [0.1, 0.15) is 11.1 Å². The van der Waals surface area contributed by atoms with Crippen molar-refractivity contribution in [2.45, 2.75) is 12.4 Å². The summed E-state index contributed by atoms with van der Waals surface area (Å²) >= 11 is 0. The SMILES string of the molecule is [C-]#[N+]/N=c1\c2cc(-c3ccc(C(F)(F)F)cc3)ccc2c2cc3c(=NC#N)c4cc(-c5ccc(C(F)(F)F)cc5)ccc4c3cc12. The standard InChI is InChI=1S/C36H16F6N4/c1-44-46-34-30-15-22(20-4-10-24(11-5-20)36(40,41)42)7-13-26(30)28-16-31-27(17-32(28)34)25-12-6-21(14-29(25)33(31)45-18-43)19-2-8-23(9-3-19)35(37,38)39/h2-17H/b45-33?,46-34+. The second-order valence-corrected chi connectivity index (χ2v) is 10.7. The van der Waals surface area contributed by atoms with Gasteiger partial charge in [-0.05, 0) is 92.3 Å². The molecule has 0 aliphatic heterocycles. The van der Waals surface area contributed by atoms with Crippen LogP contribution in [-0.4, -0.2) is 0 Å². The van der Waals surface area contributed by atoms with E-state index >= 15 is 0 Å². The molecular formula is C36H16F6N4. The maximum absolute atomic E-state index is 13.1. The third-order valence-electron chi connectivity index (χ3n) is 8.20. The fourth-order valence-electron chi connectivity index (χ4n) is 6.07. The zero-order chi connectivity index (χ0) is 32.4. The lowest BCUT2D eigenvalue weighted by Crippen LogP contribution is -2.04. The van der Waals surface area contributed by atoms with Crippen LogP contribution in [0.25, 0.3) is 70.3 Å². The first-order valence-electron chi connectivity index (χ1n) is 13.7. The summed E-state index contributed by atoms with van der Waals surface area (Å²) in [6.45, 7) is 7.47. The summed E-state index contributed by atoms with van der Waals surface area (Å²) in [7, 11) is 0. The number of nitriles is 1. The van der Waals surface area contributed by atoms with Gasteiger partial charge in [-0.25, -0.2) is 0 Å². The van der Waals surface area contributed by atoms with Crippen molar-refractivity contribution in [3.63, 3.8) is 0 Å². The highest BCUT2D eigenvalue weighted by molar-refractivity contribution is 6.21. The van der Waals surface area contributed by atoms with Crippen molar-refractivity contribution in [2.75, 3.05) is 0 Å². The van der Waals surface area contributed by atoms with Crippen LogP contribution in [0.15, 0.2) is 107 Å². The quantitative estimate of drug-likeness (QED) is 0.0824. The number of hydrogen-bond donors (Lipinski definition) is 0. The normalized spacial score (nSPS) is 13.2. The first kappa shape index (κ1) is 28.8. The van der Waals surface area contributed by atoms with Gasteiger partial charge in [-0.3, -0.25) is 0 Å². The highest BCUT2D eigenvalue weighted by atomic mass is 19.4. The Bertz CT molecular complexity index is 2370. The number of benzene rings is 5. The molecular weight excluding hydrogens is 602 g/mol. The number of alkyl halides is 6. The average Bonchev–Trinajstić information content (AvgIpc) is 3.50. The molecule has 4 nitrogen and oxygen atoms in total. The highest BCUT2D eigenvalue weighted by Gasteiger charge is 2.31. The Morgan fingerprint density at radius 3 is 1.30 bits per heavy atom. The summed E-state index contributed by atoms with van der Waals surface area (Å²) in [5, 5.41) is 20.1. The van der Waals surface area contributed by atoms with E-state index in [-0.39, 0.29) is 0 Å². The van der Waals surface area contributed by atoms with Crippen molar-refractivity contribution < 1.29 is 26.3 Å². The third-order valence-corrected chi connectivity index (χ3v) is 8.20. The van der Waals surface area contributed by atoms with Gasteiger partial charge in [0.25, 0.3) is 0 Å². The molecule has 7 aromatic carbocycles. The molecule has 0 aromatic heterocycles. The summed E-state index contributed by atoms with van der Waals surface area (Å²) in [5.74, 6) is 0. The minimum Gasteiger partial charge on any atom is -0.181 e. The Kier molecular flexibility index (Phi) is 6.43. The first-order chi connectivity index (χ1) is 22.0. The molecule has 0 aliphatic rings. The van der Waals surface area contributed by atoms with Gasteiger partial charge in [-0.1, -0.05) is 48.5 Å². The van der Waals surface area contributed by atoms with Crippen LogP contribution in [0.4, 0.5) is 26.3 Å². The lowest BCUT2D eigenvalue weighted by Gasteiger charge is -2.08. The summed E-state index contributed by atoms with van der Waals surface area (Å²) in [6.07, 6.45) is -7.05. The molecule has 0 fully saturated rings. The predicted molar refractivity (Wildman–Crippen MR) is 163 cm³/mol. The molecule has 10 heteroatoms. The van der Waals surface area contributed by atoms with Crippen LogP contribution < -0.4 is 10.7 Å². The number of nitrogens with zero attached hydrogens (tertiary/aromatic N) is 4. The van der Waals surface area contributed by atoms with Gasteiger partial charge in [0, 0.05) is 21.5 Å². The zero-order valence-corrected chi connectivity index (χ0v) is 23.3. The molecule has 0 aliphatic carbocycles. The summed E-state index contributed by atoms with van der Waals surface area (Å²) in [4.78, 5) is 7.40. The average molecular weight is 619 g/mol. The van der Waals surface area contributed by atoms with Gasteiger partial charge in [-0.15, -0.1) is 4.95 Å². The van der Waals surface area contributed by atoms with E-state index in [0.717, 1.165) is 45.8 Å². The van der Waals surface area contributed by atoms with Crippen LogP contribution in [0.3, 0.4) is 0 Å². The van der Waals surface area contributed by atoms with E-state index in [2.05, 4.69) is 15.0 Å². The van der Waals surface area contributed by atoms with E-state index in [1.54, 1.807) is 24.3 Å². The Morgan fingerprint density at radius 1 is 0.500 bits per heavy atom. The van der Waals surface area contributed by atoms with Crippen molar-refractivity contribution in [1.82, 2.24) is 0 Å². The van der Waals surface area contributed by atoms with Gasteiger partial charge < -0.3 is 0 Å². The highest BCUT2D eigenvalue weighted by Crippen LogP contribution is 2.37. The molecule has 0 unspecified atom stereocenters. The number of halogens is 6. The fraction of sp³-hybridized carbons (Fsp3) is 0.0556. The van der Waals surface area contributed by atoms with E-state index < -0.39 is 23.5 Å². The maximum Gasteiger partial charge on any atom is 0.416 e. The Morgan fingerprint density at radius 2 is 0.891 bits per heavy atom. The monoisotopic (exact) mass is 618 g/mol.